The molecule has 22 heavy (non-hydrogen) atoms. The average molecular weight is 318 g/mol. The van der Waals surface area contributed by atoms with Crippen LogP contribution in [-0.2, 0) is 0 Å². The Morgan fingerprint density at radius 3 is 2.82 bits per heavy atom. The fourth-order valence-corrected chi connectivity index (χ4v) is 4.17. The first kappa shape index (κ1) is 13.9. The van der Waals surface area contributed by atoms with Crippen LogP contribution in [0.15, 0.2) is 16.5 Å². The normalized spacial score (nSPS) is 27.0. The molecular weight excluding hydrogens is 300 g/mol. The van der Waals surface area contributed by atoms with E-state index in [1.807, 2.05) is 12.1 Å². The molecule has 0 aromatic carbocycles. The lowest BCUT2D eigenvalue weighted by Gasteiger charge is -2.44. The van der Waals surface area contributed by atoms with Gasteiger partial charge in [-0.2, -0.15) is 0 Å². The van der Waals surface area contributed by atoms with Gasteiger partial charge in [0.15, 0.2) is 0 Å². The molecule has 7 heteroatoms. The second-order valence-corrected chi connectivity index (χ2v) is 7.09. The number of piperidine rings is 3. The van der Waals surface area contributed by atoms with Crippen LogP contribution < -0.4 is 5.32 Å². The van der Waals surface area contributed by atoms with Gasteiger partial charge < -0.3 is 14.6 Å². The Labute approximate surface area is 132 Å². The minimum Gasteiger partial charge on any atom is -0.420 e. The van der Waals surface area contributed by atoms with Crippen molar-refractivity contribution in [1.82, 2.24) is 20.4 Å². The van der Waals surface area contributed by atoms with Gasteiger partial charge in [-0.1, -0.05) is 0 Å². The van der Waals surface area contributed by atoms with Gasteiger partial charge in [0.2, 0.25) is 5.89 Å². The molecule has 3 aliphatic heterocycles. The molecule has 5 rings (SSSR count). The number of nitrogens with one attached hydrogen (secondary N) is 1. The van der Waals surface area contributed by atoms with Crippen molar-refractivity contribution in [3.8, 4) is 10.8 Å². The third-order valence-electron chi connectivity index (χ3n) is 4.54. The van der Waals surface area contributed by atoms with E-state index >= 15 is 0 Å². The maximum Gasteiger partial charge on any atom is 0.261 e. The quantitative estimate of drug-likeness (QED) is 0.936. The molecule has 5 heterocycles. The summed E-state index contributed by atoms with van der Waals surface area (Å²) in [5.74, 6) is 1.64. The van der Waals surface area contributed by atoms with Crippen LogP contribution >= 0.6 is 11.3 Å². The third-order valence-corrected chi connectivity index (χ3v) is 5.61. The molecule has 3 aliphatic rings. The number of thiophene rings is 1. The van der Waals surface area contributed by atoms with Crippen LogP contribution in [0.1, 0.15) is 28.4 Å². The molecule has 0 spiro atoms. The largest absolute Gasteiger partial charge is 0.420 e. The number of carbonyl (C=O) groups is 1. The minimum atomic E-state index is 0.00578. The number of aryl methyl sites for hydroxylation is 1. The number of hydrogen-bond donors (Lipinski definition) is 1. The van der Waals surface area contributed by atoms with Crippen LogP contribution in [0.5, 0.6) is 0 Å². The number of fused-ring (bicyclic) bond motifs is 3. The van der Waals surface area contributed by atoms with E-state index in [1.54, 1.807) is 6.92 Å². The zero-order chi connectivity index (χ0) is 15.1. The smallest absolute Gasteiger partial charge is 0.261 e. The Balaban J connectivity index is 1.46. The highest BCUT2D eigenvalue weighted by molar-refractivity contribution is 7.17. The molecule has 2 aromatic rings. The van der Waals surface area contributed by atoms with Gasteiger partial charge in [0, 0.05) is 19.5 Å². The van der Waals surface area contributed by atoms with Gasteiger partial charge in [-0.15, -0.1) is 21.5 Å². The molecule has 116 valence electrons. The fourth-order valence-electron chi connectivity index (χ4n) is 3.34. The van der Waals surface area contributed by atoms with Gasteiger partial charge in [-0.3, -0.25) is 4.79 Å². The second kappa shape index (κ2) is 5.48. The van der Waals surface area contributed by atoms with Gasteiger partial charge in [-0.25, -0.2) is 0 Å². The molecule has 0 aliphatic carbocycles. The first-order valence-electron chi connectivity index (χ1n) is 7.62. The molecule has 0 saturated carbocycles. The molecule has 1 atom stereocenters. The molecule has 0 radical (unpaired) electrons. The summed E-state index contributed by atoms with van der Waals surface area (Å²) < 4.78 is 5.40. The molecule has 1 N–H and O–H groups in total. The third kappa shape index (κ3) is 2.55. The SMILES string of the molecule is Cc1nnc(-c2ccc(C(=O)N[C@H]3CN4CCC3CC4)s2)o1. The van der Waals surface area contributed by atoms with Crippen LogP contribution in [0.4, 0.5) is 0 Å². The van der Waals surface area contributed by atoms with Gasteiger partial charge in [-0.05, 0) is 44.0 Å². The molecule has 1 amide bonds. The maximum absolute atomic E-state index is 12.5. The number of nitrogens with zero attached hydrogens (tertiary/aromatic N) is 3. The van der Waals surface area contributed by atoms with E-state index in [4.69, 9.17) is 4.42 Å². The number of amides is 1. The zero-order valence-corrected chi connectivity index (χ0v) is 13.2. The fraction of sp³-hybridized carbons (Fsp3) is 0.533. The molecule has 3 saturated heterocycles. The van der Waals surface area contributed by atoms with Crippen molar-refractivity contribution in [2.24, 2.45) is 5.92 Å². The van der Waals surface area contributed by atoms with E-state index in [9.17, 15) is 4.79 Å². The van der Waals surface area contributed by atoms with Crippen LogP contribution in [0.3, 0.4) is 0 Å². The van der Waals surface area contributed by atoms with Gasteiger partial charge in [0.25, 0.3) is 11.8 Å². The van der Waals surface area contributed by atoms with Crippen molar-refractivity contribution in [2.75, 3.05) is 19.6 Å². The molecular formula is C15H18N4O2S. The lowest BCUT2D eigenvalue weighted by atomic mass is 9.84. The van der Waals surface area contributed by atoms with Crippen LogP contribution in [0, 0.1) is 12.8 Å². The van der Waals surface area contributed by atoms with Crippen molar-refractivity contribution in [3.63, 3.8) is 0 Å². The molecule has 6 nitrogen and oxygen atoms in total. The first-order chi connectivity index (χ1) is 10.7. The molecule has 2 aromatic heterocycles. The predicted octanol–water partition coefficient (Wildman–Crippen LogP) is 1.93. The van der Waals surface area contributed by atoms with E-state index in [0.717, 1.165) is 11.4 Å². The highest BCUT2D eigenvalue weighted by Gasteiger charge is 2.35. The van der Waals surface area contributed by atoms with Crippen LogP contribution in [0.25, 0.3) is 10.8 Å². The van der Waals surface area contributed by atoms with E-state index in [-0.39, 0.29) is 11.9 Å². The van der Waals surface area contributed by atoms with Gasteiger partial charge in [0.1, 0.15) is 0 Å². The van der Waals surface area contributed by atoms with Crippen molar-refractivity contribution >= 4 is 17.2 Å². The maximum atomic E-state index is 12.5. The van der Waals surface area contributed by atoms with E-state index in [0.29, 0.717) is 22.6 Å². The monoisotopic (exact) mass is 318 g/mol. The Kier molecular flexibility index (Phi) is 3.46. The Morgan fingerprint density at radius 2 is 2.18 bits per heavy atom. The number of rotatable bonds is 3. The van der Waals surface area contributed by atoms with E-state index in [2.05, 4.69) is 20.4 Å². The standard InChI is InChI=1S/C15H18N4O2S/c1-9-17-18-15(21-9)13-3-2-12(22-13)14(20)16-11-8-19-6-4-10(11)5-7-19/h2-3,10-11H,4-8H2,1H3,(H,16,20)/t11-/m0/s1. The topological polar surface area (TPSA) is 71.3 Å². The lowest BCUT2D eigenvalue weighted by molar-refractivity contribution is 0.0622. The predicted molar refractivity (Wildman–Crippen MR) is 82.8 cm³/mol. The summed E-state index contributed by atoms with van der Waals surface area (Å²) in [6, 6.07) is 3.98. The summed E-state index contributed by atoms with van der Waals surface area (Å²) in [4.78, 5) is 16.4. The Bertz CT molecular complexity index is 687. The summed E-state index contributed by atoms with van der Waals surface area (Å²) in [6.07, 6.45) is 2.39. The van der Waals surface area contributed by atoms with E-state index in [1.165, 1.54) is 37.3 Å². The highest BCUT2D eigenvalue weighted by Crippen LogP contribution is 2.29. The van der Waals surface area contributed by atoms with Gasteiger partial charge >= 0.3 is 0 Å². The summed E-state index contributed by atoms with van der Waals surface area (Å²) in [6.45, 7) is 5.09. The number of hydrogen-bond acceptors (Lipinski definition) is 6. The lowest BCUT2D eigenvalue weighted by Crippen LogP contribution is -2.57. The summed E-state index contributed by atoms with van der Waals surface area (Å²) in [5, 5.41) is 11.0. The molecule has 3 fully saturated rings. The Hall–Kier alpha value is -1.73. The second-order valence-electron chi connectivity index (χ2n) is 6.01. The Morgan fingerprint density at radius 1 is 1.36 bits per heavy atom. The van der Waals surface area contributed by atoms with E-state index < -0.39 is 0 Å². The number of aromatic nitrogens is 2. The first-order valence-corrected chi connectivity index (χ1v) is 8.44. The summed E-state index contributed by atoms with van der Waals surface area (Å²) >= 11 is 1.39. The van der Waals surface area contributed by atoms with Crippen molar-refractivity contribution in [3.05, 3.63) is 22.9 Å². The highest BCUT2D eigenvalue weighted by atomic mass is 32.1. The molecule has 2 bridgehead atoms. The van der Waals surface area contributed by atoms with Crippen molar-refractivity contribution in [1.29, 1.82) is 0 Å². The van der Waals surface area contributed by atoms with Crippen molar-refractivity contribution in [2.45, 2.75) is 25.8 Å². The summed E-state index contributed by atoms with van der Waals surface area (Å²) in [5.41, 5.74) is 0. The number of carbonyl (C=O) groups excluding carboxylic acids is 1. The van der Waals surface area contributed by atoms with Crippen molar-refractivity contribution < 1.29 is 9.21 Å². The van der Waals surface area contributed by atoms with Crippen LogP contribution in [-0.4, -0.2) is 46.7 Å². The average Bonchev–Trinajstić information content (AvgIpc) is 3.17. The summed E-state index contributed by atoms with van der Waals surface area (Å²) in [7, 11) is 0. The molecule has 0 unspecified atom stereocenters. The minimum absolute atomic E-state index is 0.00578. The zero-order valence-electron chi connectivity index (χ0n) is 12.4. The van der Waals surface area contributed by atoms with Crippen LogP contribution in [0.2, 0.25) is 0 Å². The van der Waals surface area contributed by atoms with Gasteiger partial charge in [0.05, 0.1) is 9.75 Å².